The van der Waals surface area contributed by atoms with Crippen LogP contribution in [0.2, 0.25) is 0 Å². The van der Waals surface area contributed by atoms with Crippen LogP contribution in [-0.4, -0.2) is 25.0 Å². The van der Waals surface area contributed by atoms with Crippen molar-refractivity contribution in [2.24, 2.45) is 0 Å². The Morgan fingerprint density at radius 2 is 2.38 bits per heavy atom. The molecule has 0 bridgehead atoms. The van der Waals surface area contributed by atoms with Crippen molar-refractivity contribution in [3.63, 3.8) is 0 Å². The van der Waals surface area contributed by atoms with Crippen molar-refractivity contribution in [3.8, 4) is 0 Å². The molecule has 3 nitrogen and oxygen atoms in total. The minimum atomic E-state index is 0.0967. The van der Waals surface area contributed by atoms with Gasteiger partial charge in [-0.15, -0.1) is 11.3 Å². The number of thiophene rings is 1. The van der Waals surface area contributed by atoms with Gasteiger partial charge in [0.25, 0.3) is 5.91 Å². The summed E-state index contributed by atoms with van der Waals surface area (Å²) in [5.74, 6) is 0.0967. The van der Waals surface area contributed by atoms with Crippen LogP contribution in [0.3, 0.4) is 0 Å². The van der Waals surface area contributed by atoms with Gasteiger partial charge in [0.1, 0.15) is 0 Å². The Labute approximate surface area is 100 Å². The second-order valence-corrected chi connectivity index (χ2v) is 5.20. The predicted octanol–water partition coefficient (Wildman–Crippen LogP) is 1.93. The van der Waals surface area contributed by atoms with Gasteiger partial charge >= 0.3 is 0 Å². The molecule has 1 aromatic rings. The topological polar surface area (TPSA) is 41.1 Å². The fourth-order valence-corrected chi connectivity index (χ4v) is 2.85. The van der Waals surface area contributed by atoms with E-state index in [4.69, 9.17) is 0 Å². The van der Waals surface area contributed by atoms with Gasteiger partial charge in [-0.3, -0.25) is 4.79 Å². The molecule has 88 valence electrons. The SMILES string of the molecule is Cc1ccsc1C(=O)NC1CCCNCC1. The number of amides is 1. The van der Waals surface area contributed by atoms with Crippen LogP contribution in [0.25, 0.3) is 0 Å². The largest absolute Gasteiger partial charge is 0.349 e. The van der Waals surface area contributed by atoms with E-state index in [0.717, 1.165) is 42.8 Å². The Balaban J connectivity index is 1.93. The molecule has 1 saturated heterocycles. The molecule has 16 heavy (non-hydrogen) atoms. The normalized spacial score (nSPS) is 21.4. The highest BCUT2D eigenvalue weighted by Gasteiger charge is 2.17. The van der Waals surface area contributed by atoms with Gasteiger partial charge in [0, 0.05) is 6.04 Å². The molecule has 1 unspecified atom stereocenters. The minimum Gasteiger partial charge on any atom is -0.349 e. The molecule has 1 fully saturated rings. The minimum absolute atomic E-state index is 0.0967. The van der Waals surface area contributed by atoms with Crippen molar-refractivity contribution in [2.75, 3.05) is 13.1 Å². The number of nitrogens with one attached hydrogen (secondary N) is 2. The first-order valence-electron chi connectivity index (χ1n) is 5.83. The molecule has 0 aliphatic carbocycles. The zero-order chi connectivity index (χ0) is 11.4. The quantitative estimate of drug-likeness (QED) is 0.826. The summed E-state index contributed by atoms with van der Waals surface area (Å²) in [6, 6.07) is 2.33. The molecule has 0 radical (unpaired) electrons. The van der Waals surface area contributed by atoms with E-state index in [9.17, 15) is 4.79 Å². The summed E-state index contributed by atoms with van der Waals surface area (Å²) >= 11 is 1.52. The zero-order valence-corrected chi connectivity index (χ0v) is 10.4. The number of hydrogen-bond donors (Lipinski definition) is 2. The highest BCUT2D eigenvalue weighted by molar-refractivity contribution is 7.12. The first kappa shape index (κ1) is 11.6. The summed E-state index contributed by atoms with van der Waals surface area (Å²) < 4.78 is 0. The van der Waals surface area contributed by atoms with Crippen LogP contribution >= 0.6 is 11.3 Å². The van der Waals surface area contributed by atoms with Crippen LogP contribution in [0.1, 0.15) is 34.5 Å². The highest BCUT2D eigenvalue weighted by Crippen LogP contribution is 2.16. The van der Waals surface area contributed by atoms with Gasteiger partial charge in [-0.2, -0.15) is 0 Å². The molecule has 4 heteroatoms. The van der Waals surface area contributed by atoms with Crippen molar-refractivity contribution in [1.29, 1.82) is 0 Å². The maximum Gasteiger partial charge on any atom is 0.261 e. The summed E-state index contributed by atoms with van der Waals surface area (Å²) in [5, 5.41) is 8.45. The van der Waals surface area contributed by atoms with Crippen LogP contribution in [0.15, 0.2) is 11.4 Å². The van der Waals surface area contributed by atoms with Crippen LogP contribution in [0.4, 0.5) is 0 Å². The maximum absolute atomic E-state index is 12.0. The molecule has 1 aromatic heterocycles. The van der Waals surface area contributed by atoms with Gasteiger partial charge in [-0.1, -0.05) is 0 Å². The summed E-state index contributed by atoms with van der Waals surface area (Å²) in [7, 11) is 0. The zero-order valence-electron chi connectivity index (χ0n) is 9.58. The first-order valence-corrected chi connectivity index (χ1v) is 6.71. The second-order valence-electron chi connectivity index (χ2n) is 4.28. The van der Waals surface area contributed by atoms with Gasteiger partial charge in [-0.25, -0.2) is 0 Å². The number of rotatable bonds is 2. The Kier molecular flexibility index (Phi) is 3.96. The summed E-state index contributed by atoms with van der Waals surface area (Å²) in [6.07, 6.45) is 3.27. The molecule has 2 N–H and O–H groups in total. The first-order chi connectivity index (χ1) is 7.77. The van der Waals surface area contributed by atoms with E-state index < -0.39 is 0 Å². The molecule has 1 amide bonds. The maximum atomic E-state index is 12.0. The van der Waals surface area contributed by atoms with E-state index in [1.165, 1.54) is 11.3 Å². The molecule has 1 atom stereocenters. The van der Waals surface area contributed by atoms with Crippen molar-refractivity contribution < 1.29 is 4.79 Å². The van der Waals surface area contributed by atoms with E-state index >= 15 is 0 Å². The average Bonchev–Trinajstić information content (AvgIpc) is 2.53. The number of carbonyl (C=O) groups excluding carboxylic acids is 1. The highest BCUT2D eigenvalue weighted by atomic mass is 32.1. The summed E-state index contributed by atoms with van der Waals surface area (Å²) in [6.45, 7) is 4.07. The Morgan fingerprint density at radius 1 is 1.50 bits per heavy atom. The third-order valence-corrected chi connectivity index (χ3v) is 3.99. The monoisotopic (exact) mass is 238 g/mol. The van der Waals surface area contributed by atoms with Gasteiger partial charge in [0.05, 0.1) is 4.88 Å². The molecule has 1 aliphatic rings. The molecule has 2 heterocycles. The third-order valence-electron chi connectivity index (χ3n) is 2.98. The number of carbonyl (C=O) groups is 1. The fraction of sp³-hybridized carbons (Fsp3) is 0.583. The molecule has 1 aliphatic heterocycles. The van der Waals surface area contributed by atoms with Crippen LogP contribution in [0.5, 0.6) is 0 Å². The molecule has 2 rings (SSSR count). The standard InChI is InChI=1S/C12H18N2OS/c1-9-5-8-16-11(9)12(15)14-10-3-2-6-13-7-4-10/h5,8,10,13H,2-4,6-7H2,1H3,(H,14,15). The van der Waals surface area contributed by atoms with Gasteiger partial charge in [-0.05, 0) is 56.3 Å². The van der Waals surface area contributed by atoms with Crippen molar-refractivity contribution >= 4 is 17.2 Å². The lowest BCUT2D eigenvalue weighted by molar-refractivity contribution is 0.0937. The smallest absolute Gasteiger partial charge is 0.261 e. The van der Waals surface area contributed by atoms with Gasteiger partial charge in [0.2, 0.25) is 0 Å². The van der Waals surface area contributed by atoms with E-state index in [2.05, 4.69) is 10.6 Å². The van der Waals surface area contributed by atoms with Crippen molar-refractivity contribution in [3.05, 3.63) is 21.9 Å². The van der Waals surface area contributed by atoms with Gasteiger partial charge in [0.15, 0.2) is 0 Å². The third kappa shape index (κ3) is 2.83. The molecular formula is C12H18N2OS. The van der Waals surface area contributed by atoms with E-state index in [1.54, 1.807) is 0 Å². The van der Waals surface area contributed by atoms with E-state index in [1.807, 2.05) is 18.4 Å². The van der Waals surface area contributed by atoms with Crippen molar-refractivity contribution in [2.45, 2.75) is 32.2 Å². The van der Waals surface area contributed by atoms with Crippen molar-refractivity contribution in [1.82, 2.24) is 10.6 Å². The lowest BCUT2D eigenvalue weighted by atomic mass is 10.1. The van der Waals surface area contributed by atoms with E-state index in [-0.39, 0.29) is 5.91 Å². The average molecular weight is 238 g/mol. The lowest BCUT2D eigenvalue weighted by Crippen LogP contribution is -2.35. The Bertz CT molecular complexity index is 354. The molecular weight excluding hydrogens is 220 g/mol. The van der Waals surface area contributed by atoms with Gasteiger partial charge < -0.3 is 10.6 Å². The Hall–Kier alpha value is -0.870. The molecule has 0 aromatic carbocycles. The van der Waals surface area contributed by atoms with Crippen LogP contribution in [0, 0.1) is 6.92 Å². The Morgan fingerprint density at radius 3 is 3.12 bits per heavy atom. The van der Waals surface area contributed by atoms with Crippen LogP contribution in [-0.2, 0) is 0 Å². The molecule has 0 saturated carbocycles. The lowest BCUT2D eigenvalue weighted by Gasteiger charge is -2.15. The second kappa shape index (κ2) is 5.46. The summed E-state index contributed by atoms with van der Waals surface area (Å²) in [4.78, 5) is 12.8. The van der Waals surface area contributed by atoms with Crippen LogP contribution < -0.4 is 10.6 Å². The molecule has 0 spiro atoms. The van der Waals surface area contributed by atoms with E-state index in [0.29, 0.717) is 6.04 Å². The number of hydrogen-bond acceptors (Lipinski definition) is 3. The number of aryl methyl sites for hydroxylation is 1. The predicted molar refractivity (Wildman–Crippen MR) is 67.0 cm³/mol. The fourth-order valence-electron chi connectivity index (χ4n) is 2.02. The summed E-state index contributed by atoms with van der Waals surface area (Å²) in [5.41, 5.74) is 1.08.